The van der Waals surface area contributed by atoms with E-state index in [2.05, 4.69) is 0 Å². The maximum absolute atomic E-state index is 13.7. The molecule has 0 aromatic rings. The van der Waals surface area contributed by atoms with Gasteiger partial charge in [0.2, 0.25) is 0 Å². The average Bonchev–Trinajstić information content (AvgIpc) is 3.57. The van der Waals surface area contributed by atoms with Gasteiger partial charge in [0.25, 0.3) is 0 Å². The summed E-state index contributed by atoms with van der Waals surface area (Å²) in [5, 5.41) is 21.8. The van der Waals surface area contributed by atoms with Crippen LogP contribution < -0.4 is 0 Å². The van der Waals surface area contributed by atoms with Gasteiger partial charge in [-0.05, 0) is 19.4 Å². The van der Waals surface area contributed by atoms with Crippen molar-refractivity contribution >= 4 is 11.6 Å². The van der Waals surface area contributed by atoms with E-state index in [0.717, 1.165) is 0 Å². The Hall–Kier alpha value is -1.58. The number of carbonyl (C=O) groups excluding carboxylic acids is 2. The molecule has 8 rings (SSSR count). The number of epoxide rings is 2. The highest BCUT2D eigenvalue weighted by atomic mass is 16.6. The molecule has 5 heterocycles. The summed E-state index contributed by atoms with van der Waals surface area (Å²) < 4.78 is 23.1. The van der Waals surface area contributed by atoms with Crippen LogP contribution >= 0.6 is 0 Å². The van der Waals surface area contributed by atoms with Crippen LogP contribution in [0.4, 0.5) is 0 Å². The predicted molar refractivity (Wildman–Crippen MR) is 88.8 cm³/mol. The molecule has 0 radical (unpaired) electrons. The highest BCUT2D eigenvalue weighted by Crippen LogP contribution is 2.67. The minimum absolute atomic E-state index is 0.113. The quantitative estimate of drug-likeness (QED) is 0.509. The van der Waals surface area contributed by atoms with Crippen molar-refractivity contribution < 1.29 is 38.7 Å². The van der Waals surface area contributed by atoms with Gasteiger partial charge in [0, 0.05) is 23.0 Å². The van der Waals surface area contributed by atoms with Crippen molar-refractivity contribution in [3.05, 3.63) is 23.0 Å². The van der Waals surface area contributed by atoms with E-state index in [1.807, 2.05) is 13.8 Å². The van der Waals surface area contributed by atoms with Gasteiger partial charge in [0.1, 0.15) is 36.6 Å². The van der Waals surface area contributed by atoms with Crippen molar-refractivity contribution in [2.45, 2.75) is 68.8 Å². The number of hydrogen-bond donors (Lipinski definition) is 2. The first kappa shape index (κ1) is 16.2. The number of ether oxygens (including phenoxy) is 4. The van der Waals surface area contributed by atoms with E-state index >= 15 is 0 Å². The molecule has 8 aliphatic rings. The number of ketones is 2. The molecular formula is C20H20O8. The summed E-state index contributed by atoms with van der Waals surface area (Å²) in [5.41, 5.74) is 0.269. The third-order valence-electron chi connectivity index (χ3n) is 8.00. The van der Waals surface area contributed by atoms with Crippen LogP contribution in [0.15, 0.2) is 23.0 Å². The van der Waals surface area contributed by atoms with Crippen LogP contribution in [0.5, 0.6) is 0 Å². The van der Waals surface area contributed by atoms with Crippen molar-refractivity contribution in [2.75, 3.05) is 0 Å². The number of aliphatic hydroxyl groups is 2. The lowest BCUT2D eigenvalue weighted by molar-refractivity contribution is -0.210. The van der Waals surface area contributed by atoms with E-state index in [9.17, 15) is 19.8 Å². The van der Waals surface area contributed by atoms with Gasteiger partial charge >= 0.3 is 0 Å². The van der Waals surface area contributed by atoms with Crippen LogP contribution in [-0.2, 0) is 28.5 Å². The lowest BCUT2D eigenvalue weighted by atomic mass is 9.45. The molecule has 0 aromatic heterocycles. The first-order chi connectivity index (χ1) is 13.4. The summed E-state index contributed by atoms with van der Waals surface area (Å²) in [4.78, 5) is 26.7. The van der Waals surface area contributed by atoms with Crippen LogP contribution in [0.2, 0.25) is 0 Å². The number of carbonyl (C=O) groups is 2. The number of Topliss-reactive ketones (excluding diaryl/α,β-unsaturated/α-hetero) is 2. The van der Waals surface area contributed by atoms with Gasteiger partial charge in [-0.3, -0.25) is 9.59 Å². The SMILES string of the molecule is C[C@H]1O[C@H]2C3=C(C(=O)[C@@H]4O[C@@H]4[C@@H]3O)[C@@H]1[C@@H]1[C@@H](C)OC=C3[C@@H](O)[C@H]4O[C@H]4C(=O)[C@]312. The first-order valence-corrected chi connectivity index (χ1v) is 9.90. The Bertz CT molecular complexity index is 921. The van der Waals surface area contributed by atoms with E-state index in [0.29, 0.717) is 16.7 Å². The van der Waals surface area contributed by atoms with Gasteiger partial charge in [-0.1, -0.05) is 0 Å². The van der Waals surface area contributed by atoms with E-state index in [1.165, 1.54) is 6.26 Å². The summed E-state index contributed by atoms with van der Waals surface area (Å²) in [5.74, 6) is -1.05. The second-order valence-corrected chi connectivity index (χ2v) is 9.09. The second-order valence-electron chi connectivity index (χ2n) is 9.09. The fourth-order valence-electron chi connectivity index (χ4n) is 6.86. The van der Waals surface area contributed by atoms with Gasteiger partial charge in [-0.15, -0.1) is 0 Å². The molecule has 3 aliphatic carbocycles. The lowest BCUT2D eigenvalue weighted by Gasteiger charge is -2.63. The molecule has 8 heteroatoms. The first-order valence-electron chi connectivity index (χ1n) is 9.90. The third kappa shape index (κ3) is 1.47. The molecule has 4 fully saturated rings. The van der Waals surface area contributed by atoms with E-state index in [1.54, 1.807) is 0 Å². The second kappa shape index (κ2) is 4.60. The fourth-order valence-corrected chi connectivity index (χ4v) is 6.86. The highest BCUT2D eigenvalue weighted by Gasteiger charge is 2.78. The summed E-state index contributed by atoms with van der Waals surface area (Å²) in [6.45, 7) is 3.77. The summed E-state index contributed by atoms with van der Waals surface area (Å²) in [6.07, 6.45) is -4.40. The van der Waals surface area contributed by atoms with Crippen LogP contribution in [0.3, 0.4) is 0 Å². The Balaban J connectivity index is 1.52. The Morgan fingerprint density at radius 3 is 2.46 bits per heavy atom. The average molecular weight is 388 g/mol. The number of hydrogen-bond acceptors (Lipinski definition) is 8. The molecule has 148 valence electrons. The van der Waals surface area contributed by atoms with Gasteiger partial charge in [0.05, 0.1) is 30.0 Å². The molecule has 0 unspecified atom stereocenters. The van der Waals surface area contributed by atoms with Crippen molar-refractivity contribution in [1.82, 2.24) is 0 Å². The molecule has 0 aromatic carbocycles. The number of rotatable bonds is 0. The molecule has 12 atom stereocenters. The van der Waals surface area contributed by atoms with E-state index in [4.69, 9.17) is 18.9 Å². The molecule has 2 N–H and O–H groups in total. The zero-order valence-electron chi connectivity index (χ0n) is 15.3. The zero-order chi connectivity index (χ0) is 19.3. The Kier molecular flexibility index (Phi) is 2.67. The summed E-state index contributed by atoms with van der Waals surface area (Å²) >= 11 is 0. The van der Waals surface area contributed by atoms with Gasteiger partial charge in [-0.2, -0.15) is 0 Å². The minimum Gasteiger partial charge on any atom is -0.498 e. The van der Waals surface area contributed by atoms with Crippen LogP contribution in [0, 0.1) is 17.3 Å². The molecule has 5 aliphatic heterocycles. The monoisotopic (exact) mass is 388 g/mol. The number of aliphatic hydroxyl groups excluding tert-OH is 2. The van der Waals surface area contributed by atoms with Crippen LogP contribution in [-0.4, -0.2) is 76.7 Å². The van der Waals surface area contributed by atoms with Gasteiger partial charge in [0.15, 0.2) is 11.6 Å². The maximum Gasteiger partial charge on any atom is 0.190 e. The van der Waals surface area contributed by atoms with Gasteiger partial charge in [-0.25, -0.2) is 0 Å². The summed E-state index contributed by atoms with van der Waals surface area (Å²) in [7, 11) is 0. The van der Waals surface area contributed by atoms with Gasteiger partial charge < -0.3 is 29.2 Å². The van der Waals surface area contributed by atoms with Crippen molar-refractivity contribution in [3.8, 4) is 0 Å². The van der Waals surface area contributed by atoms with Crippen LogP contribution in [0.25, 0.3) is 0 Å². The topological polar surface area (TPSA) is 118 Å². The highest BCUT2D eigenvalue weighted by molar-refractivity contribution is 6.06. The molecule has 3 saturated heterocycles. The van der Waals surface area contributed by atoms with E-state index in [-0.39, 0.29) is 29.7 Å². The van der Waals surface area contributed by atoms with Crippen molar-refractivity contribution in [1.29, 1.82) is 0 Å². The Morgan fingerprint density at radius 1 is 0.964 bits per heavy atom. The largest absolute Gasteiger partial charge is 0.498 e. The fraction of sp³-hybridized carbons (Fsp3) is 0.700. The smallest absolute Gasteiger partial charge is 0.190 e. The molecular weight excluding hydrogens is 368 g/mol. The van der Waals surface area contributed by atoms with Crippen LogP contribution in [0.1, 0.15) is 13.8 Å². The number of fused-ring (bicyclic) bond motifs is 3. The Labute approximate surface area is 160 Å². The standard InChI is InChI=1S/C20H20O8/c1-4-7-8-9(13(23)16-15(27-16)12(8)22)19(26-4)20-6(3-25-5(2)10(7)20)11(21)14-17(28-14)18(20)24/h3-5,7,10-11,13-17,19,21,23H,1-2H3/t4-,5-,7-,10+,11-,13-,14-,15+,16-,17-,19+,20+/m1/s1. The summed E-state index contributed by atoms with van der Waals surface area (Å²) in [6, 6.07) is 0. The van der Waals surface area contributed by atoms with Crippen molar-refractivity contribution in [3.63, 3.8) is 0 Å². The predicted octanol–water partition coefficient (Wildman–Crippen LogP) is -0.973. The maximum atomic E-state index is 13.7. The van der Waals surface area contributed by atoms with E-state index < -0.39 is 54.1 Å². The molecule has 8 nitrogen and oxygen atoms in total. The lowest BCUT2D eigenvalue weighted by Crippen LogP contribution is -2.72. The molecule has 0 amide bonds. The molecule has 1 saturated carbocycles. The normalized spacial score (nSPS) is 60.0. The third-order valence-corrected chi connectivity index (χ3v) is 8.00. The molecule has 1 spiro atoms. The zero-order valence-corrected chi connectivity index (χ0v) is 15.3. The molecule has 2 bridgehead atoms. The Morgan fingerprint density at radius 2 is 1.68 bits per heavy atom. The molecule has 28 heavy (non-hydrogen) atoms. The minimum atomic E-state index is -1.19. The van der Waals surface area contributed by atoms with Crippen molar-refractivity contribution in [2.24, 2.45) is 17.3 Å².